The third kappa shape index (κ3) is 5.30. The summed E-state index contributed by atoms with van der Waals surface area (Å²) in [6, 6.07) is 5.45. The molecule has 8 heteroatoms. The number of nitrogens with zero attached hydrogens (tertiary/aromatic N) is 1. The Labute approximate surface area is 138 Å². The molecule has 0 aromatic heterocycles. The predicted octanol–water partition coefficient (Wildman–Crippen LogP) is 3.47. The molecule has 1 atom stereocenters. The highest BCUT2D eigenvalue weighted by molar-refractivity contribution is 5.68. The molecule has 134 valence electrons. The Morgan fingerprint density at radius 2 is 1.92 bits per heavy atom. The minimum Gasteiger partial charge on any atom is -0.444 e. The maximum absolute atomic E-state index is 12.6. The highest BCUT2D eigenvalue weighted by Gasteiger charge is 2.34. The molecule has 0 aliphatic carbocycles. The van der Waals surface area contributed by atoms with Crippen LogP contribution in [0, 0.1) is 0 Å². The van der Waals surface area contributed by atoms with E-state index >= 15 is 0 Å². The molecule has 1 N–H and O–H groups in total. The van der Waals surface area contributed by atoms with Crippen LogP contribution in [0.4, 0.5) is 18.0 Å². The molecule has 0 saturated carbocycles. The summed E-state index contributed by atoms with van der Waals surface area (Å²) in [5.41, 5.74) is -0.280. The smallest absolute Gasteiger partial charge is 0.444 e. The molecule has 0 radical (unpaired) electrons. The van der Waals surface area contributed by atoms with Gasteiger partial charge in [0.1, 0.15) is 11.4 Å². The summed E-state index contributed by atoms with van der Waals surface area (Å²) >= 11 is 0. The first kappa shape index (κ1) is 18.4. The summed E-state index contributed by atoms with van der Waals surface area (Å²) in [5, 5.41) is 3.11. The number of nitrogens with one attached hydrogen (secondary N) is 1. The average Bonchev–Trinajstić information content (AvgIpc) is 2.44. The molecule has 0 unspecified atom stereocenters. The lowest BCUT2D eigenvalue weighted by Crippen LogP contribution is -2.49. The molecule has 1 saturated heterocycles. The first-order chi connectivity index (χ1) is 11.1. The van der Waals surface area contributed by atoms with Crippen molar-refractivity contribution < 1.29 is 27.4 Å². The van der Waals surface area contributed by atoms with E-state index in [9.17, 15) is 18.0 Å². The minimum absolute atomic E-state index is 0.202. The Hall–Kier alpha value is -1.96. The van der Waals surface area contributed by atoms with Crippen LogP contribution in [0.1, 0.15) is 32.4 Å². The van der Waals surface area contributed by atoms with Gasteiger partial charge in [-0.15, -0.1) is 13.2 Å². The van der Waals surface area contributed by atoms with Crippen molar-refractivity contribution in [3.8, 4) is 5.75 Å². The molecule has 0 bridgehead atoms. The van der Waals surface area contributed by atoms with Gasteiger partial charge in [0.25, 0.3) is 0 Å². The number of carbonyl (C=O) groups excluding carboxylic acids is 1. The van der Waals surface area contributed by atoms with Gasteiger partial charge >= 0.3 is 12.5 Å². The number of ether oxygens (including phenoxy) is 2. The molecule has 1 heterocycles. The number of halogens is 3. The van der Waals surface area contributed by atoms with E-state index in [-0.39, 0.29) is 12.3 Å². The number of para-hydroxylation sites is 1. The van der Waals surface area contributed by atoms with E-state index in [2.05, 4.69) is 10.1 Å². The Bertz CT molecular complexity index is 585. The minimum atomic E-state index is -4.77. The number of benzene rings is 1. The average molecular weight is 346 g/mol. The monoisotopic (exact) mass is 346 g/mol. The van der Waals surface area contributed by atoms with Crippen molar-refractivity contribution in [3.05, 3.63) is 29.8 Å². The second-order valence-electron chi connectivity index (χ2n) is 6.52. The van der Waals surface area contributed by atoms with Crippen molar-refractivity contribution in [2.75, 3.05) is 19.6 Å². The summed E-state index contributed by atoms with van der Waals surface area (Å²) in [5.74, 6) is -0.270. The molecule has 5 nitrogen and oxygen atoms in total. The van der Waals surface area contributed by atoms with Crippen molar-refractivity contribution in [1.82, 2.24) is 10.2 Å². The fourth-order valence-corrected chi connectivity index (χ4v) is 2.44. The standard InChI is InChI=1S/C16H21F3N2O3/c1-15(2,3)24-14(22)21-9-8-20-12(10-21)11-6-4-5-7-13(11)23-16(17,18)19/h4-7,12,20H,8-10H2,1-3H3/t12-/m1/s1. The third-order valence-corrected chi connectivity index (χ3v) is 3.35. The van der Waals surface area contributed by atoms with Crippen LogP contribution in [0.25, 0.3) is 0 Å². The van der Waals surface area contributed by atoms with E-state index in [1.54, 1.807) is 32.9 Å². The van der Waals surface area contributed by atoms with Gasteiger partial charge in [-0.05, 0) is 26.8 Å². The van der Waals surface area contributed by atoms with E-state index < -0.39 is 24.1 Å². The lowest BCUT2D eigenvalue weighted by molar-refractivity contribution is -0.275. The summed E-state index contributed by atoms with van der Waals surface area (Å²) in [6.45, 7) is 6.36. The second kappa shape index (κ2) is 6.88. The number of piperazine rings is 1. The molecule has 1 aliphatic heterocycles. The van der Waals surface area contributed by atoms with Crippen LogP contribution in [-0.2, 0) is 4.74 Å². The van der Waals surface area contributed by atoms with Gasteiger partial charge in [-0.1, -0.05) is 18.2 Å². The number of hydrogen-bond donors (Lipinski definition) is 1. The summed E-state index contributed by atoms with van der Waals surface area (Å²) in [7, 11) is 0. The zero-order valence-electron chi connectivity index (χ0n) is 13.8. The van der Waals surface area contributed by atoms with Crippen molar-refractivity contribution in [3.63, 3.8) is 0 Å². The Kier molecular flexibility index (Phi) is 5.27. The van der Waals surface area contributed by atoms with Crippen molar-refractivity contribution in [2.24, 2.45) is 0 Å². The lowest BCUT2D eigenvalue weighted by atomic mass is 10.0. The van der Waals surface area contributed by atoms with Crippen molar-refractivity contribution >= 4 is 6.09 Å². The fraction of sp³-hybridized carbons (Fsp3) is 0.562. The van der Waals surface area contributed by atoms with E-state index in [4.69, 9.17) is 4.74 Å². The van der Waals surface area contributed by atoms with Crippen LogP contribution in [0.2, 0.25) is 0 Å². The topological polar surface area (TPSA) is 50.8 Å². The Balaban J connectivity index is 2.14. The molecule has 1 aliphatic rings. The molecule has 1 aromatic rings. The van der Waals surface area contributed by atoms with Gasteiger partial charge in [0.15, 0.2) is 0 Å². The molecule has 1 amide bonds. The molecule has 24 heavy (non-hydrogen) atoms. The number of carbonyl (C=O) groups is 1. The van der Waals surface area contributed by atoms with Gasteiger partial charge in [-0.3, -0.25) is 0 Å². The number of amides is 1. The molecule has 1 fully saturated rings. The SMILES string of the molecule is CC(C)(C)OC(=O)N1CCN[C@@H](c2ccccc2OC(F)(F)F)C1. The van der Waals surface area contributed by atoms with Crippen LogP contribution in [0.3, 0.4) is 0 Å². The third-order valence-electron chi connectivity index (χ3n) is 3.35. The molecule has 2 rings (SSSR count). The number of rotatable bonds is 2. The van der Waals surface area contributed by atoms with Gasteiger partial charge in [-0.2, -0.15) is 0 Å². The van der Waals surface area contributed by atoms with Crippen molar-refractivity contribution in [1.29, 1.82) is 0 Å². The van der Waals surface area contributed by atoms with Crippen LogP contribution in [0.15, 0.2) is 24.3 Å². The summed E-state index contributed by atoms with van der Waals surface area (Å²) in [6.07, 6.45) is -5.25. The molecule has 1 aromatic carbocycles. The maximum atomic E-state index is 12.6. The van der Waals surface area contributed by atoms with E-state index in [0.717, 1.165) is 0 Å². The summed E-state index contributed by atoms with van der Waals surface area (Å²) in [4.78, 5) is 13.7. The Morgan fingerprint density at radius 1 is 1.25 bits per heavy atom. The van der Waals surface area contributed by atoms with Crippen LogP contribution in [0.5, 0.6) is 5.75 Å². The van der Waals surface area contributed by atoms with Crippen LogP contribution >= 0.6 is 0 Å². The highest BCUT2D eigenvalue weighted by Crippen LogP contribution is 2.31. The second-order valence-corrected chi connectivity index (χ2v) is 6.52. The van der Waals surface area contributed by atoms with Gasteiger partial charge in [0.2, 0.25) is 0 Å². The van der Waals surface area contributed by atoms with Gasteiger partial charge in [0, 0.05) is 25.2 Å². The van der Waals surface area contributed by atoms with Gasteiger partial charge in [0.05, 0.1) is 6.04 Å². The first-order valence-corrected chi connectivity index (χ1v) is 7.61. The van der Waals surface area contributed by atoms with E-state index in [0.29, 0.717) is 18.7 Å². The highest BCUT2D eigenvalue weighted by atomic mass is 19.4. The molecule has 0 spiro atoms. The quantitative estimate of drug-likeness (QED) is 0.891. The fourth-order valence-electron chi connectivity index (χ4n) is 2.44. The summed E-state index contributed by atoms with van der Waals surface area (Å²) < 4.78 is 47.1. The maximum Gasteiger partial charge on any atom is 0.573 e. The zero-order valence-corrected chi connectivity index (χ0v) is 13.8. The van der Waals surface area contributed by atoms with E-state index in [1.807, 2.05) is 0 Å². The van der Waals surface area contributed by atoms with Crippen LogP contribution in [-0.4, -0.2) is 42.6 Å². The number of hydrogen-bond acceptors (Lipinski definition) is 4. The number of alkyl halides is 3. The normalized spacial score (nSPS) is 19.1. The van der Waals surface area contributed by atoms with Crippen LogP contribution < -0.4 is 10.1 Å². The van der Waals surface area contributed by atoms with Crippen molar-refractivity contribution in [2.45, 2.75) is 38.8 Å². The zero-order chi connectivity index (χ0) is 18.0. The predicted molar refractivity (Wildman–Crippen MR) is 81.7 cm³/mol. The molecular formula is C16H21F3N2O3. The largest absolute Gasteiger partial charge is 0.573 e. The van der Waals surface area contributed by atoms with Gasteiger partial charge < -0.3 is 19.7 Å². The first-order valence-electron chi connectivity index (χ1n) is 7.61. The molecular weight excluding hydrogens is 325 g/mol. The Morgan fingerprint density at radius 3 is 2.54 bits per heavy atom. The van der Waals surface area contributed by atoms with Gasteiger partial charge in [-0.25, -0.2) is 4.79 Å². The lowest BCUT2D eigenvalue weighted by Gasteiger charge is -2.35. The van der Waals surface area contributed by atoms with E-state index in [1.165, 1.54) is 17.0 Å².